The van der Waals surface area contributed by atoms with Gasteiger partial charge in [-0.05, 0) is 128 Å². The van der Waals surface area contributed by atoms with Gasteiger partial charge in [0.1, 0.15) is 11.4 Å². The van der Waals surface area contributed by atoms with Crippen LogP contribution in [0.4, 0.5) is 0 Å². The zero-order chi connectivity index (χ0) is 38.3. The topological polar surface area (TPSA) is 14.2 Å². The fourth-order valence-corrected chi connectivity index (χ4v) is 10.8. The van der Waals surface area contributed by atoms with Gasteiger partial charge >= 0.3 is 0 Å². The van der Waals surface area contributed by atoms with Gasteiger partial charge in [-0.25, -0.2) is 0 Å². The first-order valence-corrected chi connectivity index (χ1v) is 20.9. The first-order valence-electron chi connectivity index (χ1n) is 20.9. The summed E-state index contributed by atoms with van der Waals surface area (Å²) in [5, 5.41) is 2.56. The van der Waals surface area contributed by atoms with Gasteiger partial charge in [-0.15, -0.1) is 0 Å². The minimum atomic E-state index is -0.338. The van der Waals surface area contributed by atoms with Crippen molar-refractivity contribution in [3.8, 4) is 28.7 Å². The van der Waals surface area contributed by atoms with Crippen LogP contribution in [0.2, 0.25) is 0 Å². The molecule has 0 spiro atoms. The number of fused-ring (bicyclic) bond motifs is 8. The van der Waals surface area contributed by atoms with E-state index in [9.17, 15) is 0 Å². The van der Waals surface area contributed by atoms with Gasteiger partial charge in [-0.1, -0.05) is 139 Å². The van der Waals surface area contributed by atoms with Crippen LogP contribution in [0.25, 0.3) is 49.8 Å². The van der Waals surface area contributed by atoms with Crippen molar-refractivity contribution in [2.45, 2.75) is 64.4 Å². The van der Waals surface area contributed by atoms with Crippen LogP contribution in [0, 0.1) is 29.6 Å². The van der Waals surface area contributed by atoms with Crippen molar-refractivity contribution in [3.63, 3.8) is 0 Å². The molecule has 0 fully saturated rings. The highest BCUT2D eigenvalue weighted by Crippen LogP contribution is 2.51. The molecule has 5 aromatic rings. The molecule has 1 aromatic heterocycles. The fourth-order valence-electron chi connectivity index (χ4n) is 10.8. The summed E-state index contributed by atoms with van der Waals surface area (Å²) in [6, 6.07) is 31.8. The first-order chi connectivity index (χ1) is 27.9. The average Bonchev–Trinajstić information content (AvgIpc) is 3.49. The first kappa shape index (κ1) is 34.2. The number of benzene rings is 4. The Morgan fingerprint density at radius 1 is 0.842 bits per heavy atom. The molecule has 278 valence electrons. The van der Waals surface area contributed by atoms with E-state index in [1.807, 2.05) is 6.08 Å². The summed E-state index contributed by atoms with van der Waals surface area (Å²) in [6.45, 7) is 6.99. The van der Waals surface area contributed by atoms with E-state index in [0.29, 0.717) is 17.8 Å². The summed E-state index contributed by atoms with van der Waals surface area (Å²) in [4.78, 5) is 0. The molecule has 5 atom stereocenters. The molecule has 0 amide bonds. The third-order valence-corrected chi connectivity index (χ3v) is 13.7. The van der Waals surface area contributed by atoms with Gasteiger partial charge in [0.15, 0.2) is 0 Å². The lowest BCUT2D eigenvalue weighted by Crippen LogP contribution is -2.30. The Bertz CT molecular complexity index is 2860. The van der Waals surface area contributed by atoms with Gasteiger partial charge < -0.3 is 9.30 Å². The molecular formula is C55H47NO. The molecule has 11 rings (SSSR count). The second kappa shape index (κ2) is 13.3. The molecule has 5 aliphatic carbocycles. The van der Waals surface area contributed by atoms with E-state index in [-0.39, 0.29) is 11.5 Å². The van der Waals surface area contributed by atoms with Crippen LogP contribution in [0.5, 0.6) is 5.75 Å². The number of nitrogens with zero attached hydrogens (tertiary/aromatic N) is 1. The zero-order valence-corrected chi connectivity index (χ0v) is 33.1. The largest absolute Gasteiger partial charge is 0.482 e. The van der Waals surface area contributed by atoms with E-state index in [1.165, 1.54) is 72.0 Å². The Labute approximate surface area is 336 Å². The number of ether oxygens (including phenoxy) is 1. The van der Waals surface area contributed by atoms with Crippen LogP contribution in [-0.4, -0.2) is 10.2 Å². The second-order valence-corrected chi connectivity index (χ2v) is 17.2. The van der Waals surface area contributed by atoms with E-state index in [1.54, 1.807) is 11.1 Å². The molecule has 2 heteroatoms. The summed E-state index contributed by atoms with van der Waals surface area (Å²) in [6.07, 6.45) is 28.3. The van der Waals surface area contributed by atoms with Crippen LogP contribution in [0.3, 0.4) is 0 Å². The average molecular weight is 738 g/mol. The number of hydrogen-bond acceptors (Lipinski definition) is 1. The molecule has 57 heavy (non-hydrogen) atoms. The van der Waals surface area contributed by atoms with Gasteiger partial charge in [-0.3, -0.25) is 0 Å². The molecule has 5 unspecified atom stereocenters. The van der Waals surface area contributed by atoms with E-state index < -0.39 is 0 Å². The predicted molar refractivity (Wildman–Crippen MR) is 239 cm³/mol. The molecule has 4 aromatic carbocycles. The molecule has 0 saturated heterocycles. The zero-order valence-electron chi connectivity index (χ0n) is 33.1. The van der Waals surface area contributed by atoms with Crippen LogP contribution in [0.1, 0.15) is 75.5 Å². The lowest BCUT2D eigenvalue weighted by Gasteiger charge is -2.32. The van der Waals surface area contributed by atoms with Gasteiger partial charge in [0.25, 0.3) is 0 Å². The Hall–Kier alpha value is -6.04. The highest BCUT2D eigenvalue weighted by Gasteiger charge is 2.41. The molecule has 6 aliphatic rings. The maximum atomic E-state index is 6.52. The Morgan fingerprint density at radius 2 is 1.68 bits per heavy atom. The summed E-state index contributed by atoms with van der Waals surface area (Å²) < 4.78 is 8.98. The number of hydrogen-bond donors (Lipinski definition) is 0. The van der Waals surface area contributed by atoms with Crippen molar-refractivity contribution < 1.29 is 4.74 Å². The van der Waals surface area contributed by atoms with E-state index in [0.717, 1.165) is 37.9 Å². The third kappa shape index (κ3) is 5.62. The van der Waals surface area contributed by atoms with E-state index in [2.05, 4.69) is 177 Å². The van der Waals surface area contributed by atoms with Crippen molar-refractivity contribution >= 4 is 38.6 Å². The smallest absolute Gasteiger partial charge is 0.135 e. The van der Waals surface area contributed by atoms with Crippen LogP contribution in [0.15, 0.2) is 162 Å². The van der Waals surface area contributed by atoms with Gasteiger partial charge in [0, 0.05) is 39.9 Å². The molecule has 1 aliphatic heterocycles. The van der Waals surface area contributed by atoms with Gasteiger partial charge in [-0.2, -0.15) is 0 Å². The van der Waals surface area contributed by atoms with Gasteiger partial charge in [0.05, 0.1) is 11.0 Å². The van der Waals surface area contributed by atoms with E-state index >= 15 is 0 Å². The molecule has 0 radical (unpaired) electrons. The summed E-state index contributed by atoms with van der Waals surface area (Å²) in [7, 11) is 0. The van der Waals surface area contributed by atoms with Crippen molar-refractivity contribution in [1.82, 2.24) is 4.57 Å². The summed E-state index contributed by atoms with van der Waals surface area (Å²) >= 11 is 0. The fraction of sp³-hybridized carbons (Fsp3) is 0.236. The van der Waals surface area contributed by atoms with E-state index in [4.69, 9.17) is 4.74 Å². The highest BCUT2D eigenvalue weighted by atomic mass is 16.5. The molecule has 2 nitrogen and oxygen atoms in total. The van der Waals surface area contributed by atoms with Gasteiger partial charge in [0.2, 0.25) is 0 Å². The Kier molecular flexibility index (Phi) is 7.98. The third-order valence-electron chi connectivity index (χ3n) is 13.7. The van der Waals surface area contributed by atoms with Crippen molar-refractivity contribution in [2.24, 2.45) is 17.8 Å². The van der Waals surface area contributed by atoms with Crippen molar-refractivity contribution in [1.29, 1.82) is 0 Å². The van der Waals surface area contributed by atoms with Crippen LogP contribution >= 0.6 is 0 Å². The number of para-hydroxylation sites is 2. The van der Waals surface area contributed by atoms with Crippen molar-refractivity contribution in [2.75, 3.05) is 0 Å². The SMILES string of the molecule is CC1=CC(C2C#CC=CC=C2)CC(C2CC3=C(C=CCC3)c3cc(-c4ccc5c(c4)c4ccccc4n5C4=CCC5(C)Oc6ccccc6C5=C4)ccc3C2C)=C1. The maximum Gasteiger partial charge on any atom is 0.135 e. The minimum absolute atomic E-state index is 0.250. The number of aromatic nitrogens is 1. The molecule has 0 N–H and O–H groups in total. The normalized spacial score (nSPS) is 25.8. The predicted octanol–water partition coefficient (Wildman–Crippen LogP) is 13.8. The molecule has 0 bridgehead atoms. The standard InChI is InChI=1S/C55H47NO/c1-35-28-41(37-14-6-4-5-7-15-37)30-42(29-35)48-33-40-16-8-9-17-45(40)49-31-38(22-24-44(49)36(48)2)39-23-25-53-50(32-39)46-18-10-12-20-52(46)56(53)43-26-27-55(3)51(34-43)47-19-11-13-21-54(47)57-55/h4-6,9-14,17-26,28-29,31-32,34,36-37,41,48H,8,16,27,30,33H2,1-3H3. The summed E-state index contributed by atoms with van der Waals surface area (Å²) in [5.41, 5.74) is 17.3. The summed E-state index contributed by atoms with van der Waals surface area (Å²) in [5.74, 6) is 9.31. The lowest BCUT2D eigenvalue weighted by molar-refractivity contribution is 0.170. The van der Waals surface area contributed by atoms with Crippen molar-refractivity contribution in [3.05, 3.63) is 179 Å². The Balaban J connectivity index is 0.978. The second-order valence-electron chi connectivity index (χ2n) is 17.2. The van der Waals surface area contributed by atoms with Crippen LogP contribution < -0.4 is 4.74 Å². The molecular weight excluding hydrogens is 691 g/mol. The highest BCUT2D eigenvalue weighted by molar-refractivity contribution is 6.12. The Morgan fingerprint density at radius 3 is 2.63 bits per heavy atom. The molecule has 2 heterocycles. The minimum Gasteiger partial charge on any atom is -0.482 e. The van der Waals surface area contributed by atoms with Crippen LogP contribution in [-0.2, 0) is 0 Å². The monoisotopic (exact) mass is 737 g/mol. The lowest BCUT2D eigenvalue weighted by atomic mass is 9.72. The molecule has 0 saturated carbocycles. The maximum absolute atomic E-state index is 6.52. The number of rotatable bonds is 4. The quantitative estimate of drug-likeness (QED) is 0.168. The number of allylic oxidation sites excluding steroid dienone is 14.